The summed E-state index contributed by atoms with van der Waals surface area (Å²) in [5.41, 5.74) is 2.72. The molecule has 5 aliphatic rings. The van der Waals surface area contributed by atoms with Crippen LogP contribution in [-0.4, -0.2) is 23.8 Å². The molecule has 0 aromatic heterocycles. The topological polar surface area (TPSA) is 26.3 Å². The first-order chi connectivity index (χ1) is 16.2. The van der Waals surface area contributed by atoms with Gasteiger partial charge in [0.2, 0.25) is 0 Å². The Labute approximate surface area is 223 Å². The predicted octanol–water partition coefficient (Wildman–Crippen LogP) is 8.77. The highest BCUT2D eigenvalue weighted by Crippen LogP contribution is 2.77. The molecule has 1 spiro atoms. The Morgan fingerprint density at radius 3 is 2.26 bits per heavy atom. The number of carbonyl (C=O) groups is 1. The lowest BCUT2D eigenvalue weighted by atomic mass is 9.32. The van der Waals surface area contributed by atoms with Crippen molar-refractivity contribution in [2.45, 2.75) is 119 Å². The highest BCUT2D eigenvalue weighted by atomic mass is 79.9. The van der Waals surface area contributed by atoms with Crippen molar-refractivity contribution in [3.8, 4) is 0 Å². The number of fused-ring (bicyclic) bond motifs is 5. The zero-order valence-electron chi connectivity index (χ0n) is 23.7. The van der Waals surface area contributed by atoms with E-state index in [9.17, 15) is 4.79 Å². The summed E-state index contributed by atoms with van der Waals surface area (Å²) in [7, 11) is 0. The number of hydrogen-bond acceptors (Lipinski definition) is 2. The Balaban J connectivity index is 1.55. The van der Waals surface area contributed by atoms with Gasteiger partial charge in [0.25, 0.3) is 0 Å². The lowest BCUT2D eigenvalue weighted by Gasteiger charge is -2.73. The van der Waals surface area contributed by atoms with Gasteiger partial charge in [0.1, 0.15) is 5.78 Å². The van der Waals surface area contributed by atoms with Crippen LogP contribution in [0.1, 0.15) is 113 Å². The standard InChI is InChI=1S/C32H51BrO2/c1-21-11-13-27(2,3)32(21)16-15-30(7)22(19-32)9-10-24-29(6)14-12-25(34)28(4,5)26(29)23(35-18-17-33)20-31(24,30)8/h22-24,26H,1,9-20H2,2-8H3. The summed E-state index contributed by atoms with van der Waals surface area (Å²) < 4.78 is 6.72. The van der Waals surface area contributed by atoms with Crippen molar-refractivity contribution in [2.24, 2.45) is 50.2 Å². The van der Waals surface area contributed by atoms with E-state index in [4.69, 9.17) is 4.74 Å². The molecular formula is C32H51BrO2. The number of alkyl halides is 1. The van der Waals surface area contributed by atoms with Gasteiger partial charge in [-0.1, -0.05) is 76.5 Å². The third kappa shape index (κ3) is 3.31. The van der Waals surface area contributed by atoms with Crippen LogP contribution < -0.4 is 0 Å². The van der Waals surface area contributed by atoms with Gasteiger partial charge in [0.05, 0.1) is 12.7 Å². The summed E-state index contributed by atoms with van der Waals surface area (Å²) >= 11 is 3.62. The number of Topliss-reactive ketones (excluding diaryl/α,β-unsaturated/α-hetero) is 1. The van der Waals surface area contributed by atoms with E-state index >= 15 is 0 Å². The van der Waals surface area contributed by atoms with E-state index in [1.54, 1.807) is 5.57 Å². The van der Waals surface area contributed by atoms with Gasteiger partial charge in [0.15, 0.2) is 0 Å². The maximum atomic E-state index is 13.2. The zero-order chi connectivity index (χ0) is 25.7. The van der Waals surface area contributed by atoms with Gasteiger partial charge < -0.3 is 4.74 Å². The predicted molar refractivity (Wildman–Crippen MR) is 149 cm³/mol. The highest BCUT2D eigenvalue weighted by Gasteiger charge is 2.71. The summed E-state index contributed by atoms with van der Waals surface area (Å²) in [4.78, 5) is 13.2. The van der Waals surface area contributed by atoms with Gasteiger partial charge in [-0.2, -0.15) is 0 Å². The first kappa shape index (κ1) is 26.5. The number of carbonyl (C=O) groups excluding carboxylic acids is 1. The van der Waals surface area contributed by atoms with Gasteiger partial charge in [-0.05, 0) is 96.7 Å². The van der Waals surface area contributed by atoms with Crippen LogP contribution in [0.5, 0.6) is 0 Å². The third-order valence-electron chi connectivity index (χ3n) is 13.8. The molecule has 198 valence electrons. The number of allylic oxidation sites excluding steroid dienone is 1. The molecule has 5 rings (SSSR count). The van der Waals surface area contributed by atoms with Gasteiger partial charge in [0, 0.05) is 23.1 Å². The van der Waals surface area contributed by atoms with Crippen LogP contribution in [0.15, 0.2) is 12.2 Å². The van der Waals surface area contributed by atoms with Gasteiger partial charge in [-0.25, -0.2) is 0 Å². The van der Waals surface area contributed by atoms with Crippen LogP contribution >= 0.6 is 15.9 Å². The minimum atomic E-state index is -0.300. The fourth-order valence-corrected chi connectivity index (χ4v) is 11.7. The maximum Gasteiger partial charge on any atom is 0.138 e. The van der Waals surface area contributed by atoms with E-state index < -0.39 is 0 Å². The molecule has 0 N–H and O–H groups in total. The summed E-state index contributed by atoms with van der Waals surface area (Å²) in [6.45, 7) is 22.8. The molecule has 2 nitrogen and oxygen atoms in total. The number of rotatable bonds is 3. The minimum Gasteiger partial charge on any atom is -0.377 e. The van der Waals surface area contributed by atoms with Crippen molar-refractivity contribution in [3.63, 3.8) is 0 Å². The second kappa shape index (κ2) is 8.17. The molecule has 35 heavy (non-hydrogen) atoms. The molecule has 0 heterocycles. The van der Waals surface area contributed by atoms with Crippen LogP contribution in [0.4, 0.5) is 0 Å². The lowest BCUT2D eigenvalue weighted by molar-refractivity contribution is -0.258. The Morgan fingerprint density at radius 2 is 1.63 bits per heavy atom. The van der Waals surface area contributed by atoms with Crippen molar-refractivity contribution in [1.82, 2.24) is 0 Å². The average molecular weight is 548 g/mol. The summed E-state index contributed by atoms with van der Waals surface area (Å²) in [5.74, 6) is 2.21. The van der Waals surface area contributed by atoms with Gasteiger partial charge in [-0.15, -0.1) is 0 Å². The van der Waals surface area contributed by atoms with E-state index in [0.29, 0.717) is 33.9 Å². The molecule has 5 aliphatic carbocycles. The third-order valence-corrected chi connectivity index (χ3v) is 14.1. The summed E-state index contributed by atoms with van der Waals surface area (Å²) in [5, 5.41) is 0.862. The van der Waals surface area contributed by atoms with Crippen molar-refractivity contribution >= 4 is 21.7 Å². The molecular weight excluding hydrogens is 496 g/mol. The lowest BCUT2D eigenvalue weighted by Crippen LogP contribution is -2.69. The first-order valence-electron chi connectivity index (χ1n) is 14.6. The van der Waals surface area contributed by atoms with E-state index in [0.717, 1.165) is 37.1 Å². The Morgan fingerprint density at radius 1 is 0.914 bits per heavy atom. The van der Waals surface area contributed by atoms with Crippen molar-refractivity contribution in [1.29, 1.82) is 0 Å². The zero-order valence-corrected chi connectivity index (χ0v) is 25.3. The highest BCUT2D eigenvalue weighted by molar-refractivity contribution is 9.09. The molecule has 0 radical (unpaired) electrons. The SMILES string of the molecule is C=C1CCC(C)(C)C12CCC1(C)C(CCC3C4(C)CCC(=O)C(C)(C)C4C(OCCBr)CC31C)C2. The molecule has 5 saturated carbocycles. The van der Waals surface area contributed by atoms with E-state index in [-0.39, 0.29) is 22.3 Å². The molecule has 5 fully saturated rings. The number of halogens is 1. The van der Waals surface area contributed by atoms with Crippen molar-refractivity contribution in [2.75, 3.05) is 11.9 Å². The molecule has 0 amide bonds. The Hall–Kier alpha value is -0.150. The van der Waals surface area contributed by atoms with Crippen LogP contribution in [0.25, 0.3) is 0 Å². The van der Waals surface area contributed by atoms with E-state index in [2.05, 4.69) is 71.0 Å². The fraction of sp³-hybridized carbons (Fsp3) is 0.906. The monoisotopic (exact) mass is 546 g/mol. The first-order valence-corrected chi connectivity index (χ1v) is 15.7. The smallest absolute Gasteiger partial charge is 0.138 e. The molecule has 0 saturated heterocycles. The quantitative estimate of drug-likeness (QED) is 0.261. The van der Waals surface area contributed by atoms with Gasteiger partial charge in [-0.3, -0.25) is 4.79 Å². The Kier molecular flexibility index (Phi) is 6.18. The van der Waals surface area contributed by atoms with Crippen molar-refractivity contribution < 1.29 is 9.53 Å². The van der Waals surface area contributed by atoms with Crippen LogP contribution in [0.3, 0.4) is 0 Å². The molecule has 0 bridgehead atoms. The largest absolute Gasteiger partial charge is 0.377 e. The number of hydrogen-bond donors (Lipinski definition) is 0. The summed E-state index contributed by atoms with van der Waals surface area (Å²) in [6.07, 6.45) is 12.3. The molecule has 8 unspecified atom stereocenters. The molecule has 0 aromatic rings. The summed E-state index contributed by atoms with van der Waals surface area (Å²) in [6, 6.07) is 0. The normalized spacial score (nSPS) is 50.5. The number of ether oxygens (including phenoxy) is 1. The van der Waals surface area contributed by atoms with Crippen LogP contribution in [-0.2, 0) is 9.53 Å². The molecule has 0 aromatic carbocycles. The maximum absolute atomic E-state index is 13.2. The second-order valence-electron chi connectivity index (χ2n) is 15.4. The molecule has 0 aliphatic heterocycles. The van der Waals surface area contributed by atoms with Crippen LogP contribution in [0.2, 0.25) is 0 Å². The number of ketones is 1. The van der Waals surface area contributed by atoms with E-state index in [1.165, 1.54) is 44.9 Å². The van der Waals surface area contributed by atoms with E-state index in [1.807, 2.05) is 0 Å². The minimum absolute atomic E-state index is 0.167. The molecule has 3 heteroatoms. The Bertz CT molecular complexity index is 905. The fourth-order valence-electron chi connectivity index (χ4n) is 11.5. The molecule has 8 atom stereocenters. The average Bonchev–Trinajstić information content (AvgIpc) is 2.99. The second-order valence-corrected chi connectivity index (χ2v) is 16.2. The van der Waals surface area contributed by atoms with Crippen LogP contribution in [0, 0.1) is 50.2 Å². The van der Waals surface area contributed by atoms with Gasteiger partial charge >= 0.3 is 0 Å². The van der Waals surface area contributed by atoms with Crippen molar-refractivity contribution in [3.05, 3.63) is 12.2 Å².